The zero-order valence-electron chi connectivity index (χ0n) is 10.4. The minimum Gasteiger partial charge on any atom is -0.317 e. The average Bonchev–Trinajstić information content (AvgIpc) is 2.16. The van der Waals surface area contributed by atoms with Gasteiger partial charge in [-0.05, 0) is 32.7 Å². The molecule has 2 nitrogen and oxygen atoms in total. The number of Topliss-reactive ketones (excluding diaryl/α,β-unsaturated/α-hetero) is 1. The van der Waals surface area contributed by atoms with Crippen molar-refractivity contribution in [1.82, 2.24) is 5.32 Å². The first kappa shape index (κ1) is 12.7. The maximum absolute atomic E-state index is 11.9. The first-order chi connectivity index (χ1) is 7.15. The molecule has 0 amide bonds. The maximum Gasteiger partial charge on any atom is 0.138 e. The molecule has 1 aliphatic carbocycles. The molecule has 0 aromatic carbocycles. The van der Waals surface area contributed by atoms with Gasteiger partial charge in [0.2, 0.25) is 0 Å². The summed E-state index contributed by atoms with van der Waals surface area (Å²) in [7, 11) is 2.04. The number of nitrogens with one attached hydrogen (secondary N) is 1. The standard InChI is InChI=1S/C13H25NO/c1-10(2)13(15)11-6-4-8-12(14-3)9-5-7-11/h10-12,14H,4-9H2,1-3H3. The molecule has 88 valence electrons. The van der Waals surface area contributed by atoms with Crippen LogP contribution in [-0.4, -0.2) is 18.9 Å². The maximum atomic E-state index is 11.9. The normalized spacial score (nSPS) is 28.5. The van der Waals surface area contributed by atoms with Crippen molar-refractivity contribution in [1.29, 1.82) is 0 Å². The first-order valence-corrected chi connectivity index (χ1v) is 6.36. The summed E-state index contributed by atoms with van der Waals surface area (Å²) in [6, 6.07) is 0.681. The van der Waals surface area contributed by atoms with E-state index in [9.17, 15) is 4.79 Å². The van der Waals surface area contributed by atoms with Gasteiger partial charge in [-0.2, -0.15) is 0 Å². The lowest BCUT2D eigenvalue weighted by atomic mass is 9.83. The van der Waals surface area contributed by atoms with Crippen LogP contribution in [0.3, 0.4) is 0 Å². The summed E-state index contributed by atoms with van der Waals surface area (Å²) in [5.41, 5.74) is 0. The molecule has 0 radical (unpaired) electrons. The van der Waals surface area contributed by atoms with E-state index in [0.717, 1.165) is 12.8 Å². The Morgan fingerprint density at radius 3 is 2.07 bits per heavy atom. The van der Waals surface area contributed by atoms with Crippen molar-refractivity contribution in [2.75, 3.05) is 7.05 Å². The predicted octanol–water partition coefficient (Wildman–Crippen LogP) is 2.77. The number of rotatable bonds is 3. The highest BCUT2D eigenvalue weighted by Gasteiger charge is 2.23. The third-order valence-electron chi connectivity index (χ3n) is 3.59. The highest BCUT2D eigenvalue weighted by Crippen LogP contribution is 2.25. The predicted molar refractivity (Wildman–Crippen MR) is 63.9 cm³/mol. The number of hydrogen-bond donors (Lipinski definition) is 1. The van der Waals surface area contributed by atoms with Gasteiger partial charge in [-0.15, -0.1) is 0 Å². The molecule has 1 fully saturated rings. The van der Waals surface area contributed by atoms with E-state index in [2.05, 4.69) is 5.32 Å². The second-order valence-electron chi connectivity index (χ2n) is 5.10. The van der Waals surface area contributed by atoms with Crippen LogP contribution in [0.2, 0.25) is 0 Å². The van der Waals surface area contributed by atoms with Crippen LogP contribution in [0.5, 0.6) is 0 Å². The summed E-state index contributed by atoms with van der Waals surface area (Å²) in [5.74, 6) is 1.05. The summed E-state index contributed by atoms with van der Waals surface area (Å²) < 4.78 is 0. The number of hydrogen-bond acceptors (Lipinski definition) is 2. The Labute approximate surface area is 93.8 Å². The van der Waals surface area contributed by atoms with Crippen molar-refractivity contribution >= 4 is 5.78 Å². The highest BCUT2D eigenvalue weighted by molar-refractivity contribution is 5.82. The Kier molecular flexibility index (Phi) is 5.30. The molecule has 15 heavy (non-hydrogen) atoms. The van der Waals surface area contributed by atoms with Crippen LogP contribution in [0.4, 0.5) is 0 Å². The zero-order valence-corrected chi connectivity index (χ0v) is 10.4. The molecule has 2 heteroatoms. The Bertz CT molecular complexity index is 191. The lowest BCUT2D eigenvalue weighted by Crippen LogP contribution is -2.28. The quantitative estimate of drug-likeness (QED) is 0.777. The SMILES string of the molecule is CNC1CCCC(C(=O)C(C)C)CCC1. The van der Waals surface area contributed by atoms with Gasteiger partial charge in [0.1, 0.15) is 5.78 Å². The Morgan fingerprint density at radius 2 is 1.67 bits per heavy atom. The van der Waals surface area contributed by atoms with Gasteiger partial charge < -0.3 is 5.32 Å². The van der Waals surface area contributed by atoms with E-state index < -0.39 is 0 Å². The molecule has 0 spiro atoms. The average molecular weight is 211 g/mol. The van der Waals surface area contributed by atoms with Crippen LogP contribution < -0.4 is 5.32 Å². The van der Waals surface area contributed by atoms with Crippen molar-refractivity contribution in [3.8, 4) is 0 Å². The molecule has 0 heterocycles. The van der Waals surface area contributed by atoms with Crippen molar-refractivity contribution < 1.29 is 4.79 Å². The van der Waals surface area contributed by atoms with Gasteiger partial charge in [0, 0.05) is 17.9 Å². The number of carbonyl (C=O) groups is 1. The summed E-state index contributed by atoms with van der Waals surface area (Å²) in [4.78, 5) is 11.9. The van der Waals surface area contributed by atoms with Gasteiger partial charge in [-0.1, -0.05) is 26.7 Å². The fourth-order valence-electron chi connectivity index (χ4n) is 2.55. The fraction of sp³-hybridized carbons (Fsp3) is 0.923. The molecular formula is C13H25NO. The van der Waals surface area contributed by atoms with Crippen LogP contribution >= 0.6 is 0 Å². The second-order valence-corrected chi connectivity index (χ2v) is 5.10. The summed E-state index contributed by atoms with van der Waals surface area (Å²) >= 11 is 0. The first-order valence-electron chi connectivity index (χ1n) is 6.36. The lowest BCUT2D eigenvalue weighted by molar-refractivity contribution is -0.126. The Balaban J connectivity index is 2.41. The largest absolute Gasteiger partial charge is 0.317 e. The van der Waals surface area contributed by atoms with Crippen molar-refractivity contribution in [3.63, 3.8) is 0 Å². The van der Waals surface area contributed by atoms with E-state index in [4.69, 9.17) is 0 Å². The lowest BCUT2D eigenvalue weighted by Gasteiger charge is -2.24. The minimum atomic E-state index is 0.217. The third kappa shape index (κ3) is 3.94. The monoisotopic (exact) mass is 211 g/mol. The van der Waals surface area contributed by atoms with Crippen molar-refractivity contribution in [3.05, 3.63) is 0 Å². The summed E-state index contributed by atoms with van der Waals surface area (Å²) in [6.07, 6.45) is 7.09. The van der Waals surface area contributed by atoms with Gasteiger partial charge in [0.25, 0.3) is 0 Å². The Morgan fingerprint density at radius 1 is 1.13 bits per heavy atom. The van der Waals surface area contributed by atoms with Gasteiger partial charge in [0.15, 0.2) is 0 Å². The van der Waals surface area contributed by atoms with Crippen molar-refractivity contribution in [2.45, 2.75) is 58.4 Å². The van der Waals surface area contributed by atoms with Gasteiger partial charge >= 0.3 is 0 Å². The molecule has 1 rings (SSSR count). The van der Waals surface area contributed by atoms with Crippen molar-refractivity contribution in [2.24, 2.45) is 11.8 Å². The molecule has 0 bridgehead atoms. The molecule has 0 saturated heterocycles. The van der Waals surface area contributed by atoms with E-state index in [-0.39, 0.29) is 5.92 Å². The summed E-state index contributed by atoms with van der Waals surface area (Å²) in [5, 5.41) is 3.35. The van der Waals surface area contributed by atoms with E-state index in [1.807, 2.05) is 20.9 Å². The van der Waals surface area contributed by atoms with E-state index in [1.54, 1.807) is 0 Å². The zero-order chi connectivity index (χ0) is 11.3. The van der Waals surface area contributed by atoms with Crippen LogP contribution in [0.15, 0.2) is 0 Å². The molecular weight excluding hydrogens is 186 g/mol. The smallest absolute Gasteiger partial charge is 0.138 e. The molecule has 0 aromatic rings. The van der Waals surface area contributed by atoms with E-state index in [0.29, 0.717) is 17.7 Å². The molecule has 1 saturated carbocycles. The van der Waals surface area contributed by atoms with Crippen LogP contribution in [-0.2, 0) is 4.79 Å². The molecule has 0 aliphatic heterocycles. The van der Waals surface area contributed by atoms with Gasteiger partial charge in [-0.25, -0.2) is 0 Å². The Hall–Kier alpha value is -0.370. The van der Waals surface area contributed by atoms with Gasteiger partial charge in [-0.3, -0.25) is 4.79 Å². The highest BCUT2D eigenvalue weighted by atomic mass is 16.1. The number of carbonyl (C=O) groups excluding carboxylic acids is 1. The fourth-order valence-corrected chi connectivity index (χ4v) is 2.55. The van der Waals surface area contributed by atoms with Crippen LogP contribution in [0, 0.1) is 11.8 Å². The second kappa shape index (κ2) is 6.26. The van der Waals surface area contributed by atoms with Crippen LogP contribution in [0.1, 0.15) is 52.4 Å². The molecule has 1 aliphatic rings. The molecule has 0 atom stereocenters. The van der Waals surface area contributed by atoms with Gasteiger partial charge in [0.05, 0.1) is 0 Å². The third-order valence-corrected chi connectivity index (χ3v) is 3.59. The minimum absolute atomic E-state index is 0.217. The molecule has 1 N–H and O–H groups in total. The topological polar surface area (TPSA) is 29.1 Å². The van der Waals surface area contributed by atoms with E-state index in [1.165, 1.54) is 25.7 Å². The number of ketones is 1. The van der Waals surface area contributed by atoms with E-state index >= 15 is 0 Å². The molecule has 0 unspecified atom stereocenters. The van der Waals surface area contributed by atoms with Crippen LogP contribution in [0.25, 0.3) is 0 Å². The molecule has 0 aromatic heterocycles. The summed E-state index contributed by atoms with van der Waals surface area (Å²) in [6.45, 7) is 4.05.